The maximum atomic E-state index is 13.1. The second-order valence-electron chi connectivity index (χ2n) is 6.73. The molecule has 1 aliphatic carbocycles. The van der Waals surface area contributed by atoms with Crippen LogP contribution in [0.3, 0.4) is 0 Å². The highest BCUT2D eigenvalue weighted by atomic mass is 19.1. The molecule has 2 fully saturated rings. The van der Waals surface area contributed by atoms with E-state index in [1.54, 1.807) is 12.1 Å². The third kappa shape index (κ3) is 3.42. The fourth-order valence-corrected chi connectivity index (χ4v) is 3.72. The predicted molar refractivity (Wildman–Crippen MR) is 88.6 cm³/mol. The molecule has 2 aliphatic rings. The van der Waals surface area contributed by atoms with E-state index in [0.717, 1.165) is 44.0 Å². The molecule has 1 aliphatic heterocycles. The van der Waals surface area contributed by atoms with E-state index in [4.69, 9.17) is 0 Å². The molecule has 1 saturated carbocycles. The number of benzene rings is 1. The quantitative estimate of drug-likeness (QED) is 0.525. The maximum absolute atomic E-state index is 13.1. The first-order chi connectivity index (χ1) is 10.7. The van der Waals surface area contributed by atoms with Gasteiger partial charge in [-0.15, -0.1) is 0 Å². The molecule has 4 heteroatoms. The van der Waals surface area contributed by atoms with Crippen LogP contribution in [0.15, 0.2) is 29.3 Å². The summed E-state index contributed by atoms with van der Waals surface area (Å²) >= 11 is 0. The molecule has 3 rings (SSSR count). The molecule has 1 N–H and O–H groups in total. The first-order valence-electron chi connectivity index (χ1n) is 8.41. The van der Waals surface area contributed by atoms with Gasteiger partial charge in [-0.1, -0.05) is 18.6 Å². The molecule has 0 aromatic heterocycles. The Morgan fingerprint density at radius 2 is 2.23 bits per heavy atom. The number of guanidine groups is 1. The Morgan fingerprint density at radius 1 is 1.36 bits per heavy atom. The lowest BCUT2D eigenvalue weighted by atomic mass is 9.68. The van der Waals surface area contributed by atoms with E-state index in [0.29, 0.717) is 5.41 Å². The third-order valence-electron chi connectivity index (χ3n) is 5.18. The maximum Gasteiger partial charge on any atom is 0.193 e. The normalized spacial score (nSPS) is 20.3. The van der Waals surface area contributed by atoms with Crippen LogP contribution < -0.4 is 5.32 Å². The van der Waals surface area contributed by atoms with Crippen LogP contribution in [-0.2, 0) is 6.42 Å². The highest BCUT2D eigenvalue weighted by Gasteiger charge is 2.43. The van der Waals surface area contributed by atoms with Gasteiger partial charge in [0.25, 0.3) is 0 Å². The molecule has 0 bridgehead atoms. The molecule has 3 nitrogen and oxygen atoms in total. The van der Waals surface area contributed by atoms with Crippen molar-refractivity contribution in [1.29, 1.82) is 0 Å². The van der Waals surface area contributed by atoms with Crippen LogP contribution in [0, 0.1) is 11.2 Å². The zero-order chi connectivity index (χ0) is 15.4. The fraction of sp³-hybridized carbons (Fsp3) is 0.611. The number of hydrogen-bond donors (Lipinski definition) is 1. The number of likely N-dealkylation sites (tertiary alicyclic amines) is 1. The Kier molecular flexibility index (Phi) is 4.65. The van der Waals surface area contributed by atoms with Crippen molar-refractivity contribution in [2.75, 3.05) is 26.7 Å². The Balaban J connectivity index is 1.42. The Hall–Kier alpha value is -1.58. The number of aliphatic imine (C=N–C) groups is 1. The lowest BCUT2D eigenvalue weighted by Gasteiger charge is -2.38. The van der Waals surface area contributed by atoms with Crippen molar-refractivity contribution in [2.45, 2.75) is 38.5 Å². The summed E-state index contributed by atoms with van der Waals surface area (Å²) in [5.74, 6) is 0.882. The minimum atomic E-state index is -0.149. The summed E-state index contributed by atoms with van der Waals surface area (Å²) in [5.41, 5.74) is 1.66. The Morgan fingerprint density at radius 3 is 2.86 bits per heavy atom. The summed E-state index contributed by atoms with van der Waals surface area (Å²) < 4.78 is 13.1. The minimum absolute atomic E-state index is 0.149. The van der Waals surface area contributed by atoms with Gasteiger partial charge in [-0.2, -0.15) is 0 Å². The highest BCUT2D eigenvalue weighted by molar-refractivity contribution is 5.80. The van der Waals surface area contributed by atoms with Crippen LogP contribution in [0.5, 0.6) is 0 Å². The molecule has 1 spiro atoms. The first kappa shape index (κ1) is 15.3. The number of aryl methyl sites for hydroxylation is 1. The van der Waals surface area contributed by atoms with Crippen LogP contribution in [0.4, 0.5) is 4.39 Å². The van der Waals surface area contributed by atoms with Crippen LogP contribution in [-0.4, -0.2) is 37.5 Å². The van der Waals surface area contributed by atoms with Crippen LogP contribution >= 0.6 is 0 Å². The van der Waals surface area contributed by atoms with E-state index in [2.05, 4.69) is 15.2 Å². The average Bonchev–Trinajstić information content (AvgIpc) is 2.93. The van der Waals surface area contributed by atoms with Crippen LogP contribution in [0.1, 0.15) is 37.7 Å². The molecule has 0 unspecified atom stereocenters. The van der Waals surface area contributed by atoms with E-state index in [-0.39, 0.29) is 5.82 Å². The van der Waals surface area contributed by atoms with Gasteiger partial charge in [0.15, 0.2) is 5.96 Å². The van der Waals surface area contributed by atoms with Gasteiger partial charge in [-0.25, -0.2) is 4.39 Å². The molecule has 1 heterocycles. The number of nitrogens with zero attached hydrogens (tertiary/aromatic N) is 2. The van der Waals surface area contributed by atoms with Gasteiger partial charge in [0, 0.05) is 26.7 Å². The summed E-state index contributed by atoms with van der Waals surface area (Å²) in [5, 5.41) is 3.46. The lowest BCUT2D eigenvalue weighted by molar-refractivity contribution is 0.151. The highest BCUT2D eigenvalue weighted by Crippen LogP contribution is 2.47. The molecular formula is C18H26FN3. The Bertz CT molecular complexity index is 537. The zero-order valence-electron chi connectivity index (χ0n) is 13.4. The van der Waals surface area contributed by atoms with Crippen molar-refractivity contribution in [3.8, 4) is 0 Å². The average molecular weight is 303 g/mol. The van der Waals surface area contributed by atoms with Crippen LogP contribution in [0.25, 0.3) is 0 Å². The molecule has 1 saturated heterocycles. The van der Waals surface area contributed by atoms with Crippen molar-refractivity contribution in [1.82, 2.24) is 10.2 Å². The van der Waals surface area contributed by atoms with Gasteiger partial charge >= 0.3 is 0 Å². The van der Waals surface area contributed by atoms with Gasteiger partial charge < -0.3 is 10.2 Å². The summed E-state index contributed by atoms with van der Waals surface area (Å²) in [4.78, 5) is 6.83. The third-order valence-corrected chi connectivity index (χ3v) is 5.18. The van der Waals surface area contributed by atoms with Crippen molar-refractivity contribution in [3.63, 3.8) is 0 Å². The van der Waals surface area contributed by atoms with Crippen molar-refractivity contribution in [2.24, 2.45) is 10.4 Å². The first-order valence-corrected chi connectivity index (χ1v) is 8.41. The van der Waals surface area contributed by atoms with E-state index in [1.165, 1.54) is 31.7 Å². The SMILES string of the molecule is CN=C(NCCCc1cccc(F)c1)N1CCC2(CCC2)C1. The van der Waals surface area contributed by atoms with Gasteiger partial charge in [0.2, 0.25) is 0 Å². The molecular weight excluding hydrogens is 277 g/mol. The lowest BCUT2D eigenvalue weighted by Crippen LogP contribution is -2.42. The number of nitrogens with one attached hydrogen (secondary N) is 1. The predicted octanol–water partition coefficient (Wildman–Crippen LogP) is 3.21. The topological polar surface area (TPSA) is 27.6 Å². The van der Waals surface area contributed by atoms with Gasteiger partial charge in [-0.05, 0) is 55.2 Å². The molecule has 22 heavy (non-hydrogen) atoms. The van der Waals surface area contributed by atoms with Crippen LogP contribution in [0.2, 0.25) is 0 Å². The molecule has 0 amide bonds. The Labute approximate surface area is 132 Å². The second kappa shape index (κ2) is 6.67. The summed E-state index contributed by atoms with van der Waals surface area (Å²) in [6, 6.07) is 6.88. The minimum Gasteiger partial charge on any atom is -0.356 e. The van der Waals surface area contributed by atoms with Gasteiger partial charge in [0.1, 0.15) is 5.82 Å². The van der Waals surface area contributed by atoms with Crippen molar-refractivity contribution in [3.05, 3.63) is 35.6 Å². The van der Waals surface area contributed by atoms with Gasteiger partial charge in [-0.3, -0.25) is 4.99 Å². The standard InChI is InChI=1S/C18H26FN3/c1-20-17(22-12-10-18(14-22)8-4-9-18)21-11-3-6-15-5-2-7-16(19)13-15/h2,5,7,13H,3-4,6,8-12,14H2,1H3,(H,20,21). The molecule has 120 valence electrons. The zero-order valence-corrected chi connectivity index (χ0v) is 13.4. The molecule has 0 atom stereocenters. The number of hydrogen-bond acceptors (Lipinski definition) is 1. The monoisotopic (exact) mass is 303 g/mol. The van der Waals surface area contributed by atoms with E-state index < -0.39 is 0 Å². The summed E-state index contributed by atoms with van der Waals surface area (Å²) in [6.07, 6.45) is 7.37. The molecule has 1 aromatic rings. The van der Waals surface area contributed by atoms with Crippen molar-refractivity contribution >= 4 is 5.96 Å². The second-order valence-corrected chi connectivity index (χ2v) is 6.73. The fourth-order valence-electron chi connectivity index (χ4n) is 3.72. The summed E-state index contributed by atoms with van der Waals surface area (Å²) in [6.45, 7) is 3.17. The van der Waals surface area contributed by atoms with Gasteiger partial charge in [0.05, 0.1) is 0 Å². The molecule has 1 aromatic carbocycles. The van der Waals surface area contributed by atoms with E-state index in [1.807, 2.05) is 13.1 Å². The smallest absolute Gasteiger partial charge is 0.193 e. The van der Waals surface area contributed by atoms with E-state index in [9.17, 15) is 4.39 Å². The molecule has 0 radical (unpaired) electrons. The van der Waals surface area contributed by atoms with E-state index >= 15 is 0 Å². The summed E-state index contributed by atoms with van der Waals surface area (Å²) in [7, 11) is 1.86. The number of halogens is 1. The largest absolute Gasteiger partial charge is 0.356 e. The van der Waals surface area contributed by atoms with Crippen molar-refractivity contribution < 1.29 is 4.39 Å². The number of rotatable bonds is 4.